The Morgan fingerprint density at radius 2 is 1.84 bits per heavy atom. The summed E-state index contributed by atoms with van der Waals surface area (Å²) in [6.07, 6.45) is 5.31. The number of aliphatic hydroxyl groups excluding tert-OH is 3. The first kappa shape index (κ1) is 27.1. The summed E-state index contributed by atoms with van der Waals surface area (Å²) in [4.78, 5) is 24.2. The van der Waals surface area contributed by atoms with Crippen molar-refractivity contribution in [2.24, 2.45) is 34.5 Å². The van der Waals surface area contributed by atoms with E-state index in [1.807, 2.05) is 0 Å². The van der Waals surface area contributed by atoms with Crippen molar-refractivity contribution in [2.75, 3.05) is 6.61 Å². The lowest BCUT2D eigenvalue weighted by molar-refractivity contribution is -0.210. The predicted octanol–water partition coefficient (Wildman–Crippen LogP) is 2.65. The maximum absolute atomic E-state index is 12.4. The number of rotatable bonds is 6. The zero-order valence-electron chi connectivity index (χ0n) is 22.4. The Labute approximate surface area is 219 Å². The van der Waals surface area contributed by atoms with Crippen LogP contribution in [0.4, 0.5) is 0 Å². The maximum Gasteiger partial charge on any atom is 0.331 e. The van der Waals surface area contributed by atoms with Crippen LogP contribution in [0.25, 0.3) is 0 Å². The normalized spacial score (nSPS) is 45.5. The Morgan fingerprint density at radius 1 is 1.08 bits per heavy atom. The van der Waals surface area contributed by atoms with Gasteiger partial charge in [0.2, 0.25) is 0 Å². The molecule has 0 amide bonds. The van der Waals surface area contributed by atoms with Gasteiger partial charge < -0.3 is 29.9 Å². The van der Waals surface area contributed by atoms with Gasteiger partial charge in [0.15, 0.2) is 0 Å². The van der Waals surface area contributed by atoms with Crippen LogP contribution >= 0.6 is 0 Å². The van der Waals surface area contributed by atoms with Crippen LogP contribution in [0.15, 0.2) is 11.6 Å². The van der Waals surface area contributed by atoms with Gasteiger partial charge in [-0.2, -0.15) is 0 Å². The largest absolute Gasteiger partial charge is 0.462 e. The average molecular weight is 521 g/mol. The van der Waals surface area contributed by atoms with E-state index in [1.165, 1.54) is 6.92 Å². The van der Waals surface area contributed by atoms with E-state index in [0.717, 1.165) is 63.4 Å². The molecule has 1 heterocycles. The highest BCUT2D eigenvalue weighted by atomic mass is 16.5. The quantitative estimate of drug-likeness (QED) is 0.393. The van der Waals surface area contributed by atoms with Crippen LogP contribution in [-0.2, 0) is 19.1 Å². The predicted molar refractivity (Wildman–Crippen MR) is 134 cm³/mol. The van der Waals surface area contributed by atoms with Crippen LogP contribution in [-0.4, -0.2) is 69.0 Å². The number of fused-ring (bicyclic) bond motifs is 5. The maximum atomic E-state index is 12.4. The Morgan fingerprint density at radius 3 is 2.51 bits per heavy atom. The molecule has 0 aromatic heterocycles. The number of esters is 2. The van der Waals surface area contributed by atoms with E-state index in [9.17, 15) is 30.0 Å². The molecule has 4 aliphatic carbocycles. The van der Waals surface area contributed by atoms with Crippen molar-refractivity contribution in [1.29, 1.82) is 0 Å². The summed E-state index contributed by atoms with van der Waals surface area (Å²) in [5, 5.41) is 41.6. The molecule has 8 heteroatoms. The fourth-order valence-electron chi connectivity index (χ4n) is 9.32. The van der Waals surface area contributed by atoms with Gasteiger partial charge in [0.1, 0.15) is 18.8 Å². The molecule has 0 aromatic rings. The molecule has 4 N–H and O–H groups in total. The zero-order chi connectivity index (χ0) is 26.8. The van der Waals surface area contributed by atoms with Gasteiger partial charge in [0.25, 0.3) is 0 Å². The van der Waals surface area contributed by atoms with E-state index in [2.05, 4.69) is 13.8 Å². The second-order valence-electron chi connectivity index (χ2n) is 13.2. The molecule has 0 saturated heterocycles. The number of carbonyl (C=O) groups excluding carboxylic acids is 2. The van der Waals surface area contributed by atoms with Crippen molar-refractivity contribution in [2.45, 2.75) is 115 Å². The Kier molecular flexibility index (Phi) is 7.04. The molecule has 0 unspecified atom stereocenters. The number of cyclic esters (lactones) is 1. The lowest BCUT2D eigenvalue weighted by atomic mass is 9.43. The molecular formula is C29H44O8. The van der Waals surface area contributed by atoms with Crippen molar-refractivity contribution < 1.29 is 39.5 Å². The van der Waals surface area contributed by atoms with Gasteiger partial charge in [-0.25, -0.2) is 4.79 Å². The molecule has 208 valence electrons. The van der Waals surface area contributed by atoms with Gasteiger partial charge in [-0.1, -0.05) is 13.8 Å². The molecule has 8 nitrogen and oxygen atoms in total. The van der Waals surface area contributed by atoms with E-state index in [-0.39, 0.29) is 41.2 Å². The molecule has 37 heavy (non-hydrogen) atoms. The van der Waals surface area contributed by atoms with Gasteiger partial charge in [-0.15, -0.1) is 0 Å². The fraction of sp³-hybridized carbons (Fsp3) is 0.862. The van der Waals surface area contributed by atoms with Crippen LogP contribution < -0.4 is 0 Å². The Bertz CT molecular complexity index is 946. The second kappa shape index (κ2) is 9.61. The molecular weight excluding hydrogens is 476 g/mol. The molecule has 5 rings (SSSR count). The van der Waals surface area contributed by atoms with Crippen LogP contribution in [0.1, 0.15) is 85.0 Å². The first-order chi connectivity index (χ1) is 17.4. The summed E-state index contributed by atoms with van der Waals surface area (Å²) in [5.41, 5.74) is 0.136. The topological polar surface area (TPSA) is 134 Å². The highest BCUT2D eigenvalue weighted by Crippen LogP contribution is 2.70. The van der Waals surface area contributed by atoms with E-state index >= 15 is 0 Å². The minimum Gasteiger partial charge on any atom is -0.462 e. The third kappa shape index (κ3) is 4.36. The van der Waals surface area contributed by atoms with E-state index in [1.54, 1.807) is 6.08 Å². The molecule has 4 fully saturated rings. The smallest absolute Gasteiger partial charge is 0.331 e. The molecule has 0 radical (unpaired) electrons. The van der Waals surface area contributed by atoms with Crippen molar-refractivity contribution >= 4 is 11.9 Å². The Hall–Kier alpha value is -1.48. The lowest BCUT2D eigenvalue weighted by Gasteiger charge is -2.63. The summed E-state index contributed by atoms with van der Waals surface area (Å²) >= 11 is 0. The molecule has 0 aromatic carbocycles. The summed E-state index contributed by atoms with van der Waals surface area (Å²) in [6.45, 7) is 6.34. The highest BCUT2D eigenvalue weighted by Gasteiger charge is 2.67. The lowest BCUT2D eigenvalue weighted by Crippen LogP contribution is -2.62. The zero-order valence-corrected chi connectivity index (χ0v) is 22.4. The minimum absolute atomic E-state index is 0.0781. The first-order valence-electron chi connectivity index (χ1n) is 14.2. The van der Waals surface area contributed by atoms with Gasteiger partial charge in [-0.05, 0) is 99.4 Å². The number of ether oxygens (including phenoxy) is 2. The molecule has 4 saturated carbocycles. The fourth-order valence-corrected chi connectivity index (χ4v) is 9.32. The summed E-state index contributed by atoms with van der Waals surface area (Å²) in [6, 6.07) is 0. The number of aliphatic hydroxyl groups is 4. The van der Waals surface area contributed by atoms with E-state index in [0.29, 0.717) is 18.4 Å². The molecule has 11 atom stereocenters. The number of carbonyl (C=O) groups is 2. The SMILES string of the molecule is C[C@@H](O)[C@@H](O)[C@@H](O)CC(=O)O[C@H]1CC[C@@]2(C)[C@H](CC[C@@H]3[C@@H]2CC[C@]2(C)[C@@H](C4=CC(=O)OC4)CC[C@]32O)C1. The first-order valence-corrected chi connectivity index (χ1v) is 14.2. The van der Waals surface area contributed by atoms with E-state index in [4.69, 9.17) is 9.47 Å². The van der Waals surface area contributed by atoms with Gasteiger partial charge in [0, 0.05) is 11.5 Å². The highest BCUT2D eigenvalue weighted by molar-refractivity contribution is 5.85. The number of hydrogen-bond acceptors (Lipinski definition) is 8. The van der Waals surface area contributed by atoms with E-state index < -0.39 is 29.9 Å². The molecule has 0 bridgehead atoms. The minimum atomic E-state index is -1.38. The molecule has 0 spiro atoms. The van der Waals surface area contributed by atoms with Crippen molar-refractivity contribution in [3.63, 3.8) is 0 Å². The standard InChI is InChI=1S/C29H44O8/c1-16(30)26(34)23(31)14-25(33)37-19-6-9-27(2)18(13-19)4-5-22-21(27)7-10-28(3)20(8-11-29(22,28)35)17-12-24(32)36-15-17/h12,16,18-23,26,30-31,34-35H,4-11,13-15H2,1-3H3/t16-,18-,19+,20-,21+,22-,23+,26-,27+,28-,29+/m1/s1. The van der Waals surface area contributed by atoms with Gasteiger partial charge in [0.05, 0.1) is 24.2 Å². The Balaban J connectivity index is 1.25. The third-order valence-corrected chi connectivity index (χ3v) is 11.5. The third-order valence-electron chi connectivity index (χ3n) is 11.5. The monoisotopic (exact) mass is 520 g/mol. The van der Waals surface area contributed by atoms with Crippen LogP contribution in [0.5, 0.6) is 0 Å². The van der Waals surface area contributed by atoms with Gasteiger partial charge >= 0.3 is 11.9 Å². The van der Waals surface area contributed by atoms with Crippen molar-refractivity contribution in [1.82, 2.24) is 0 Å². The average Bonchev–Trinajstić information content (AvgIpc) is 3.38. The van der Waals surface area contributed by atoms with Crippen molar-refractivity contribution in [3.05, 3.63) is 11.6 Å². The summed E-state index contributed by atoms with van der Waals surface area (Å²) in [7, 11) is 0. The molecule has 1 aliphatic heterocycles. The summed E-state index contributed by atoms with van der Waals surface area (Å²) < 4.78 is 10.9. The molecule has 5 aliphatic rings. The second-order valence-corrected chi connectivity index (χ2v) is 13.2. The number of hydrogen-bond donors (Lipinski definition) is 4. The van der Waals surface area contributed by atoms with Crippen LogP contribution in [0.3, 0.4) is 0 Å². The summed E-state index contributed by atoms with van der Waals surface area (Å²) in [5.74, 6) is 0.431. The van der Waals surface area contributed by atoms with Gasteiger partial charge in [-0.3, -0.25) is 4.79 Å². The van der Waals surface area contributed by atoms with Crippen molar-refractivity contribution in [3.8, 4) is 0 Å². The van der Waals surface area contributed by atoms with Crippen LogP contribution in [0, 0.1) is 34.5 Å². The van der Waals surface area contributed by atoms with Crippen LogP contribution in [0.2, 0.25) is 0 Å².